The van der Waals surface area contributed by atoms with E-state index in [1.807, 2.05) is 13.8 Å². The van der Waals surface area contributed by atoms with Crippen molar-refractivity contribution >= 4 is 35.1 Å². The summed E-state index contributed by atoms with van der Waals surface area (Å²) in [5.74, 6) is -0.742. The first-order valence-corrected chi connectivity index (χ1v) is 8.93. The smallest absolute Gasteiger partial charge is 0.408 e. The number of carbonyl (C=O) groups excluding carboxylic acids is 3. The number of ether oxygens (including phenoxy) is 1. The van der Waals surface area contributed by atoms with Gasteiger partial charge in [-0.2, -0.15) is 0 Å². The summed E-state index contributed by atoms with van der Waals surface area (Å²) in [4.78, 5) is 38.5. The van der Waals surface area contributed by atoms with E-state index in [0.717, 1.165) is 4.90 Å². The second-order valence-electron chi connectivity index (χ2n) is 7.66. The Morgan fingerprint density at radius 2 is 1.65 bits per heavy atom. The number of nitrogens with zero attached hydrogens (tertiary/aromatic N) is 1. The number of rotatable bonds is 4. The lowest BCUT2D eigenvalue weighted by atomic mass is 10.0. The molecule has 6 nitrogen and oxygen atoms in total. The topological polar surface area (TPSA) is 75.7 Å². The zero-order valence-electron chi connectivity index (χ0n) is 15.7. The van der Waals surface area contributed by atoms with Crippen LogP contribution in [0.3, 0.4) is 0 Å². The highest BCUT2D eigenvalue weighted by Crippen LogP contribution is 2.25. The van der Waals surface area contributed by atoms with Crippen LogP contribution in [0.5, 0.6) is 0 Å². The fraction of sp³-hybridized carbons (Fsp3) is 0.474. The van der Waals surface area contributed by atoms with Gasteiger partial charge in [-0.25, -0.2) is 9.69 Å². The summed E-state index contributed by atoms with van der Waals surface area (Å²) in [6.07, 6.45) is -0.159. The molecular weight excluding hydrogens is 352 g/mol. The van der Waals surface area contributed by atoms with Crippen molar-refractivity contribution < 1.29 is 19.1 Å². The predicted molar refractivity (Wildman–Crippen MR) is 102 cm³/mol. The molecule has 0 fully saturated rings. The van der Waals surface area contributed by atoms with Crippen molar-refractivity contribution in [3.8, 4) is 0 Å². The van der Waals surface area contributed by atoms with Gasteiger partial charge in [-0.15, -0.1) is 0 Å². The molecule has 0 saturated heterocycles. The number of nitrogens with one attached hydrogen (secondary N) is 1. The molecule has 1 aliphatic heterocycles. The predicted octanol–water partition coefficient (Wildman–Crippen LogP) is 3.55. The van der Waals surface area contributed by atoms with Gasteiger partial charge in [0, 0.05) is 0 Å². The molecule has 1 heterocycles. The maximum absolute atomic E-state index is 12.6. The molecule has 0 unspecified atom stereocenters. The molecule has 1 atom stereocenters. The van der Waals surface area contributed by atoms with E-state index in [2.05, 4.69) is 5.32 Å². The van der Waals surface area contributed by atoms with Crippen molar-refractivity contribution in [1.82, 2.24) is 10.2 Å². The van der Waals surface area contributed by atoms with Gasteiger partial charge < -0.3 is 10.1 Å². The molecule has 0 spiro atoms. The van der Waals surface area contributed by atoms with E-state index in [9.17, 15) is 14.4 Å². The second kappa shape index (κ2) is 7.53. The summed E-state index contributed by atoms with van der Waals surface area (Å²) < 4.78 is 5.28. The number of thiocarbonyl (C=S) groups is 1. The molecule has 7 heteroatoms. The Labute approximate surface area is 158 Å². The number of alkyl carbamates (subject to hydrolysis) is 1. The Morgan fingerprint density at radius 1 is 1.15 bits per heavy atom. The number of imide groups is 1. The van der Waals surface area contributed by atoms with Crippen molar-refractivity contribution in [2.75, 3.05) is 0 Å². The first kappa shape index (κ1) is 20.0. The number of benzene rings is 1. The standard InChI is InChI=1S/C19H24N2O4S/c1-11(2)10-14(20-18(24)25-19(3,4)5)17(26)21-15(22)12-8-6-7-9-13(12)16(21)23/h6-9,11,14H,10H2,1-5H3,(H,20,24)/t14-/m0/s1. The van der Waals surface area contributed by atoms with Crippen molar-refractivity contribution in [2.45, 2.75) is 52.7 Å². The molecule has 0 aromatic heterocycles. The summed E-state index contributed by atoms with van der Waals surface area (Å²) in [5, 5.41) is 2.70. The molecule has 2 rings (SSSR count). The van der Waals surface area contributed by atoms with Crippen LogP contribution in [-0.2, 0) is 4.74 Å². The molecule has 0 saturated carbocycles. The van der Waals surface area contributed by atoms with Crippen LogP contribution in [0.4, 0.5) is 4.79 Å². The van der Waals surface area contributed by atoms with Gasteiger partial charge in [-0.05, 0) is 45.2 Å². The highest BCUT2D eigenvalue weighted by Gasteiger charge is 2.40. The summed E-state index contributed by atoms with van der Waals surface area (Å²) in [6.45, 7) is 9.20. The first-order valence-electron chi connectivity index (χ1n) is 8.52. The minimum Gasteiger partial charge on any atom is -0.444 e. The summed E-state index contributed by atoms with van der Waals surface area (Å²) >= 11 is 5.43. The third-order valence-corrected chi connectivity index (χ3v) is 4.18. The van der Waals surface area contributed by atoms with E-state index >= 15 is 0 Å². The van der Waals surface area contributed by atoms with E-state index in [1.165, 1.54) is 0 Å². The Kier molecular flexibility index (Phi) is 5.81. The van der Waals surface area contributed by atoms with Gasteiger partial charge in [-0.1, -0.05) is 38.2 Å². The Balaban J connectivity index is 2.23. The SMILES string of the molecule is CC(C)C[C@H](NC(=O)OC(C)(C)C)C(=S)N1C(=O)c2ccccc2C1=O. The molecule has 1 aliphatic rings. The van der Waals surface area contributed by atoms with Crippen LogP contribution in [0.15, 0.2) is 24.3 Å². The van der Waals surface area contributed by atoms with E-state index in [4.69, 9.17) is 17.0 Å². The van der Waals surface area contributed by atoms with Crippen molar-refractivity contribution in [1.29, 1.82) is 0 Å². The summed E-state index contributed by atoms with van der Waals surface area (Å²) in [7, 11) is 0. The van der Waals surface area contributed by atoms with Crippen LogP contribution in [0.1, 0.15) is 61.8 Å². The van der Waals surface area contributed by atoms with Gasteiger partial charge in [-0.3, -0.25) is 9.59 Å². The molecule has 1 N–H and O–H groups in total. The molecule has 26 heavy (non-hydrogen) atoms. The highest BCUT2D eigenvalue weighted by atomic mass is 32.1. The quantitative estimate of drug-likeness (QED) is 0.642. The van der Waals surface area contributed by atoms with Crippen LogP contribution in [0.2, 0.25) is 0 Å². The van der Waals surface area contributed by atoms with Crippen LogP contribution >= 0.6 is 12.2 Å². The molecule has 3 amide bonds. The molecule has 1 aromatic rings. The molecular formula is C19H24N2O4S. The van der Waals surface area contributed by atoms with Crippen LogP contribution in [-0.4, -0.2) is 39.4 Å². The fourth-order valence-electron chi connectivity index (χ4n) is 2.69. The van der Waals surface area contributed by atoms with Crippen molar-refractivity contribution in [2.24, 2.45) is 5.92 Å². The highest BCUT2D eigenvalue weighted by molar-refractivity contribution is 7.80. The average molecular weight is 376 g/mol. The zero-order chi connectivity index (χ0) is 19.6. The van der Waals surface area contributed by atoms with Crippen molar-refractivity contribution in [3.05, 3.63) is 35.4 Å². The fourth-order valence-corrected chi connectivity index (χ4v) is 3.01. The van der Waals surface area contributed by atoms with Gasteiger partial charge in [0.2, 0.25) is 0 Å². The molecule has 1 aromatic carbocycles. The minimum atomic E-state index is -0.665. The summed E-state index contributed by atoms with van der Waals surface area (Å²) in [5.41, 5.74) is -0.0234. The van der Waals surface area contributed by atoms with E-state index < -0.39 is 29.6 Å². The van der Waals surface area contributed by atoms with Gasteiger partial charge >= 0.3 is 6.09 Å². The van der Waals surface area contributed by atoms with E-state index in [0.29, 0.717) is 17.5 Å². The maximum Gasteiger partial charge on any atom is 0.408 e. The van der Waals surface area contributed by atoms with Gasteiger partial charge in [0.1, 0.15) is 10.6 Å². The Morgan fingerprint density at radius 3 is 2.08 bits per heavy atom. The van der Waals surface area contributed by atoms with Crippen molar-refractivity contribution in [3.63, 3.8) is 0 Å². The molecule has 0 bridgehead atoms. The lowest BCUT2D eigenvalue weighted by molar-refractivity contribution is 0.0507. The second-order valence-corrected chi connectivity index (χ2v) is 8.08. The third-order valence-electron chi connectivity index (χ3n) is 3.71. The third kappa shape index (κ3) is 4.46. The van der Waals surface area contributed by atoms with Crippen LogP contribution < -0.4 is 5.32 Å². The van der Waals surface area contributed by atoms with E-state index in [-0.39, 0.29) is 10.9 Å². The minimum absolute atomic E-state index is 0.0794. The van der Waals surface area contributed by atoms with Crippen LogP contribution in [0.25, 0.3) is 0 Å². The van der Waals surface area contributed by atoms with Gasteiger partial charge in [0.15, 0.2) is 0 Å². The van der Waals surface area contributed by atoms with Gasteiger partial charge in [0.05, 0.1) is 17.2 Å². The Hall–Kier alpha value is -2.28. The van der Waals surface area contributed by atoms with Crippen LogP contribution in [0, 0.1) is 5.92 Å². The lowest BCUT2D eigenvalue weighted by Crippen LogP contribution is -2.51. The largest absolute Gasteiger partial charge is 0.444 e. The summed E-state index contributed by atoms with van der Waals surface area (Å²) in [6, 6.07) is 5.91. The number of amides is 3. The lowest BCUT2D eigenvalue weighted by Gasteiger charge is -2.27. The molecule has 0 aliphatic carbocycles. The first-order chi connectivity index (χ1) is 12.0. The van der Waals surface area contributed by atoms with Gasteiger partial charge in [0.25, 0.3) is 11.8 Å². The Bertz CT molecular complexity index is 717. The number of fused-ring (bicyclic) bond motifs is 1. The molecule has 0 radical (unpaired) electrons. The maximum atomic E-state index is 12.6. The molecule has 140 valence electrons. The zero-order valence-corrected chi connectivity index (χ0v) is 16.5. The average Bonchev–Trinajstić information content (AvgIpc) is 2.76. The number of hydrogen-bond acceptors (Lipinski definition) is 5. The monoisotopic (exact) mass is 376 g/mol. The van der Waals surface area contributed by atoms with E-state index in [1.54, 1.807) is 45.0 Å². The number of hydrogen-bond donors (Lipinski definition) is 1. The number of carbonyl (C=O) groups is 3. The normalized spacial score (nSPS) is 15.1.